The van der Waals surface area contributed by atoms with Crippen molar-refractivity contribution in [3.8, 4) is 22.8 Å². The second-order valence-electron chi connectivity index (χ2n) is 7.85. The van der Waals surface area contributed by atoms with Crippen LogP contribution < -0.4 is 10.6 Å². The molecule has 0 saturated heterocycles. The van der Waals surface area contributed by atoms with Gasteiger partial charge in [-0.3, -0.25) is 9.59 Å². The summed E-state index contributed by atoms with van der Waals surface area (Å²) in [5.74, 6) is 0.792. The maximum absolute atomic E-state index is 13.0. The number of hydrogen-bond acceptors (Lipinski definition) is 8. The first-order chi connectivity index (χ1) is 17.5. The van der Waals surface area contributed by atoms with Crippen molar-refractivity contribution in [2.45, 2.75) is 13.8 Å². The van der Waals surface area contributed by atoms with Gasteiger partial charge in [-0.2, -0.15) is 9.97 Å². The number of rotatable bonds is 6. The molecule has 2 N–H and O–H groups in total. The third-order valence-electron chi connectivity index (χ3n) is 5.27. The standard InChI is InChI=1S/C26H20N6O4/c1-15-27-23(31-35-15)19-10-3-5-12-21(19)29-25(33)17-8-7-9-18(14-17)26(34)30-22-13-6-4-11-20(22)24-28-16(2)36-32-24/h3-14H,1-2H3,(H,29,33)(H,30,34). The Bertz CT molecular complexity index is 1460. The van der Waals surface area contributed by atoms with Crippen LogP contribution >= 0.6 is 0 Å². The van der Waals surface area contributed by atoms with Crippen molar-refractivity contribution in [1.29, 1.82) is 0 Å². The summed E-state index contributed by atoms with van der Waals surface area (Å²) in [5.41, 5.74) is 2.88. The molecule has 0 bridgehead atoms. The molecule has 36 heavy (non-hydrogen) atoms. The van der Waals surface area contributed by atoms with E-state index in [-0.39, 0.29) is 11.8 Å². The van der Waals surface area contributed by atoms with Gasteiger partial charge in [0.05, 0.1) is 11.4 Å². The summed E-state index contributed by atoms with van der Waals surface area (Å²) in [5, 5.41) is 13.6. The molecule has 2 heterocycles. The number of aromatic nitrogens is 4. The van der Waals surface area contributed by atoms with Crippen molar-refractivity contribution in [2.75, 3.05) is 10.6 Å². The van der Waals surface area contributed by atoms with Crippen molar-refractivity contribution in [3.63, 3.8) is 0 Å². The zero-order valence-electron chi connectivity index (χ0n) is 19.4. The van der Waals surface area contributed by atoms with E-state index in [2.05, 4.69) is 30.9 Å². The summed E-state index contributed by atoms with van der Waals surface area (Å²) in [6.07, 6.45) is 0. The lowest BCUT2D eigenvalue weighted by molar-refractivity contribution is 0.102. The maximum Gasteiger partial charge on any atom is 0.255 e. The van der Waals surface area contributed by atoms with Crippen molar-refractivity contribution in [3.05, 3.63) is 95.7 Å². The Kier molecular flexibility index (Phi) is 6.06. The van der Waals surface area contributed by atoms with Crippen LogP contribution in [0.4, 0.5) is 11.4 Å². The van der Waals surface area contributed by atoms with E-state index in [1.54, 1.807) is 68.4 Å². The van der Waals surface area contributed by atoms with Crippen LogP contribution in [0.15, 0.2) is 81.8 Å². The van der Waals surface area contributed by atoms with Crippen LogP contribution in [0, 0.1) is 13.8 Å². The van der Waals surface area contributed by atoms with Crippen LogP contribution in [0.1, 0.15) is 32.5 Å². The number of benzene rings is 3. The van der Waals surface area contributed by atoms with Crippen LogP contribution in [0.5, 0.6) is 0 Å². The fourth-order valence-electron chi connectivity index (χ4n) is 3.58. The van der Waals surface area contributed by atoms with Gasteiger partial charge < -0.3 is 19.7 Å². The van der Waals surface area contributed by atoms with Crippen molar-refractivity contribution in [1.82, 2.24) is 20.3 Å². The SMILES string of the molecule is Cc1nc(-c2ccccc2NC(=O)c2cccc(C(=O)Nc3ccccc3-c3noc(C)n3)c2)no1. The minimum Gasteiger partial charge on any atom is -0.339 e. The van der Waals surface area contributed by atoms with Gasteiger partial charge in [0.15, 0.2) is 0 Å². The lowest BCUT2D eigenvalue weighted by Gasteiger charge is -2.11. The number of nitrogens with one attached hydrogen (secondary N) is 2. The van der Waals surface area contributed by atoms with Crippen LogP contribution in [0.3, 0.4) is 0 Å². The number of amides is 2. The highest BCUT2D eigenvalue weighted by Crippen LogP contribution is 2.27. The highest BCUT2D eigenvalue weighted by molar-refractivity contribution is 6.10. The van der Waals surface area contributed by atoms with Gasteiger partial charge in [0.25, 0.3) is 11.8 Å². The topological polar surface area (TPSA) is 136 Å². The number of aryl methyl sites for hydroxylation is 2. The van der Waals surface area contributed by atoms with Gasteiger partial charge in [-0.05, 0) is 42.5 Å². The van der Waals surface area contributed by atoms with E-state index in [0.717, 1.165) is 0 Å². The van der Waals surface area contributed by atoms with E-state index in [4.69, 9.17) is 9.05 Å². The minimum atomic E-state index is -0.389. The molecule has 0 radical (unpaired) electrons. The molecule has 0 atom stereocenters. The molecule has 0 spiro atoms. The molecular weight excluding hydrogens is 460 g/mol. The van der Waals surface area contributed by atoms with Gasteiger partial charge in [0.2, 0.25) is 23.4 Å². The quantitative estimate of drug-likeness (QED) is 0.350. The molecular formula is C26H20N6O4. The van der Waals surface area contributed by atoms with Crippen molar-refractivity contribution < 1.29 is 18.6 Å². The molecule has 10 nitrogen and oxygen atoms in total. The van der Waals surface area contributed by atoms with Gasteiger partial charge in [0, 0.05) is 36.1 Å². The lowest BCUT2D eigenvalue weighted by atomic mass is 10.1. The van der Waals surface area contributed by atoms with E-state index in [9.17, 15) is 9.59 Å². The molecule has 0 fully saturated rings. The first-order valence-corrected chi connectivity index (χ1v) is 11.0. The minimum absolute atomic E-state index is 0.309. The molecule has 5 aromatic rings. The van der Waals surface area contributed by atoms with E-state index in [1.165, 1.54) is 6.07 Å². The number of carbonyl (C=O) groups is 2. The Morgan fingerprint density at radius 3 is 1.50 bits per heavy atom. The normalized spacial score (nSPS) is 10.7. The van der Waals surface area contributed by atoms with Crippen LogP contribution in [0.25, 0.3) is 22.8 Å². The fraction of sp³-hybridized carbons (Fsp3) is 0.0769. The molecule has 2 aromatic heterocycles. The number of hydrogen-bond donors (Lipinski definition) is 2. The molecule has 5 rings (SSSR count). The molecule has 10 heteroatoms. The highest BCUT2D eigenvalue weighted by Gasteiger charge is 2.17. The van der Waals surface area contributed by atoms with E-state index >= 15 is 0 Å². The molecule has 0 aliphatic rings. The first kappa shape index (κ1) is 22.7. The van der Waals surface area contributed by atoms with Crippen LogP contribution in [0.2, 0.25) is 0 Å². The largest absolute Gasteiger partial charge is 0.339 e. The van der Waals surface area contributed by atoms with Gasteiger partial charge >= 0.3 is 0 Å². The summed E-state index contributed by atoms with van der Waals surface area (Å²) in [7, 11) is 0. The lowest BCUT2D eigenvalue weighted by Crippen LogP contribution is -2.16. The molecule has 0 unspecified atom stereocenters. The number of anilines is 2. The van der Waals surface area contributed by atoms with Gasteiger partial charge in [-0.15, -0.1) is 0 Å². The third-order valence-corrected chi connectivity index (χ3v) is 5.27. The Labute approximate surface area is 205 Å². The maximum atomic E-state index is 13.0. The molecule has 3 aromatic carbocycles. The summed E-state index contributed by atoms with van der Waals surface area (Å²) in [4.78, 5) is 34.6. The zero-order chi connectivity index (χ0) is 25.1. The van der Waals surface area contributed by atoms with Crippen LogP contribution in [-0.4, -0.2) is 32.1 Å². The summed E-state index contributed by atoms with van der Waals surface area (Å²) >= 11 is 0. The Balaban J connectivity index is 1.36. The molecule has 2 amide bonds. The Morgan fingerprint density at radius 2 is 1.08 bits per heavy atom. The zero-order valence-corrected chi connectivity index (χ0v) is 19.4. The molecule has 0 aliphatic heterocycles. The predicted octanol–water partition coefficient (Wildman–Crippen LogP) is 4.91. The first-order valence-electron chi connectivity index (χ1n) is 11.0. The molecule has 0 saturated carbocycles. The van der Waals surface area contributed by atoms with Gasteiger partial charge in [-0.25, -0.2) is 0 Å². The van der Waals surface area contributed by atoms with Crippen molar-refractivity contribution in [2.24, 2.45) is 0 Å². The summed E-state index contributed by atoms with van der Waals surface area (Å²) in [6, 6.07) is 20.7. The van der Waals surface area contributed by atoms with E-state index < -0.39 is 0 Å². The summed E-state index contributed by atoms with van der Waals surface area (Å²) in [6.45, 7) is 3.38. The number of para-hydroxylation sites is 2. The second-order valence-corrected chi connectivity index (χ2v) is 7.85. The Hall–Kier alpha value is -5.12. The predicted molar refractivity (Wildman–Crippen MR) is 131 cm³/mol. The van der Waals surface area contributed by atoms with E-state index in [0.29, 0.717) is 57.1 Å². The fourth-order valence-corrected chi connectivity index (χ4v) is 3.58. The third kappa shape index (κ3) is 4.73. The van der Waals surface area contributed by atoms with Crippen LogP contribution in [-0.2, 0) is 0 Å². The van der Waals surface area contributed by atoms with Gasteiger partial charge in [0.1, 0.15) is 0 Å². The van der Waals surface area contributed by atoms with E-state index in [1.807, 2.05) is 12.1 Å². The Morgan fingerprint density at radius 1 is 0.639 bits per heavy atom. The monoisotopic (exact) mass is 480 g/mol. The van der Waals surface area contributed by atoms with Crippen molar-refractivity contribution >= 4 is 23.2 Å². The molecule has 178 valence electrons. The second kappa shape index (κ2) is 9.63. The van der Waals surface area contributed by atoms with Gasteiger partial charge in [-0.1, -0.05) is 40.6 Å². The molecule has 0 aliphatic carbocycles. The number of carbonyl (C=O) groups excluding carboxylic acids is 2. The summed E-state index contributed by atoms with van der Waals surface area (Å²) < 4.78 is 10.1. The smallest absolute Gasteiger partial charge is 0.255 e. The highest BCUT2D eigenvalue weighted by atomic mass is 16.5. The number of nitrogens with zero attached hydrogens (tertiary/aromatic N) is 4. The average molecular weight is 480 g/mol. The average Bonchev–Trinajstić information content (AvgIpc) is 3.53.